The van der Waals surface area contributed by atoms with Crippen LogP contribution in [-0.4, -0.2) is 30.3 Å². The molecule has 1 spiro atoms. The molecule has 1 N–H and O–H groups in total. The standard InChI is InChI=1S/C25H27F2N3O2/c1-14(2)24(15(3)28-4)21-6-5-16(12-29-21)30-23(31)10-18-17-9-19(26)20(27)11-22(17)32-13-25(18)7-8-25/h5-6,9,11-12,18H,7-8,10,13H2,1-4H3,(H,30,31). The summed E-state index contributed by atoms with van der Waals surface area (Å²) >= 11 is 0. The van der Waals surface area contributed by atoms with E-state index in [4.69, 9.17) is 4.74 Å². The third-order valence-corrected chi connectivity index (χ3v) is 6.46. The number of hydrogen-bond donors (Lipinski definition) is 1. The lowest BCUT2D eigenvalue weighted by molar-refractivity contribution is -0.117. The van der Waals surface area contributed by atoms with Crippen molar-refractivity contribution < 1.29 is 18.3 Å². The van der Waals surface area contributed by atoms with Crippen LogP contribution in [0.3, 0.4) is 0 Å². The number of ether oxygens (including phenoxy) is 1. The largest absolute Gasteiger partial charge is 0.493 e. The molecule has 0 radical (unpaired) electrons. The van der Waals surface area contributed by atoms with Gasteiger partial charge in [0.15, 0.2) is 11.6 Å². The van der Waals surface area contributed by atoms with E-state index in [0.717, 1.165) is 41.5 Å². The topological polar surface area (TPSA) is 63.6 Å². The number of pyridine rings is 1. The summed E-state index contributed by atoms with van der Waals surface area (Å²) in [5.41, 5.74) is 4.75. The summed E-state index contributed by atoms with van der Waals surface area (Å²) in [5, 5.41) is 2.89. The molecule has 1 atom stereocenters. The van der Waals surface area contributed by atoms with Gasteiger partial charge < -0.3 is 10.1 Å². The summed E-state index contributed by atoms with van der Waals surface area (Å²) < 4.78 is 33.3. The van der Waals surface area contributed by atoms with Crippen molar-refractivity contribution in [1.29, 1.82) is 0 Å². The summed E-state index contributed by atoms with van der Waals surface area (Å²) in [7, 11) is 1.74. The number of halogens is 2. The fourth-order valence-electron chi connectivity index (χ4n) is 4.50. The molecular formula is C25H27F2N3O2. The normalized spacial score (nSPS) is 18.6. The second-order valence-electron chi connectivity index (χ2n) is 8.88. The summed E-state index contributed by atoms with van der Waals surface area (Å²) in [6.45, 7) is 6.38. The lowest BCUT2D eigenvalue weighted by atomic mass is 9.79. The van der Waals surface area contributed by atoms with E-state index in [-0.39, 0.29) is 23.7 Å². The molecule has 168 valence electrons. The molecule has 2 aliphatic rings. The van der Waals surface area contributed by atoms with Crippen molar-refractivity contribution in [2.75, 3.05) is 19.0 Å². The molecule has 4 rings (SSSR count). The smallest absolute Gasteiger partial charge is 0.225 e. The Balaban J connectivity index is 1.51. The number of hydrogen-bond acceptors (Lipinski definition) is 4. The van der Waals surface area contributed by atoms with Crippen molar-refractivity contribution in [3.05, 3.63) is 58.9 Å². The van der Waals surface area contributed by atoms with E-state index in [0.29, 0.717) is 23.6 Å². The first kappa shape index (κ1) is 22.1. The van der Waals surface area contributed by atoms with Crippen LogP contribution < -0.4 is 10.1 Å². The number of amides is 1. The van der Waals surface area contributed by atoms with E-state index in [9.17, 15) is 13.6 Å². The second-order valence-corrected chi connectivity index (χ2v) is 8.88. The van der Waals surface area contributed by atoms with Crippen molar-refractivity contribution >= 4 is 22.9 Å². The van der Waals surface area contributed by atoms with Crippen LogP contribution in [0.2, 0.25) is 0 Å². The Hall–Kier alpha value is -3.09. The van der Waals surface area contributed by atoms with Crippen LogP contribution in [0.1, 0.15) is 57.2 Å². The van der Waals surface area contributed by atoms with Gasteiger partial charge in [-0.05, 0) is 51.8 Å². The van der Waals surface area contributed by atoms with Gasteiger partial charge in [0.05, 0.1) is 24.2 Å². The van der Waals surface area contributed by atoms with Gasteiger partial charge >= 0.3 is 0 Å². The van der Waals surface area contributed by atoms with Gasteiger partial charge in [0.2, 0.25) is 5.91 Å². The van der Waals surface area contributed by atoms with E-state index in [1.165, 1.54) is 6.07 Å². The zero-order chi connectivity index (χ0) is 23.0. The Morgan fingerprint density at radius 1 is 1.22 bits per heavy atom. The first-order valence-corrected chi connectivity index (χ1v) is 10.7. The number of anilines is 1. The van der Waals surface area contributed by atoms with E-state index >= 15 is 0 Å². The number of carbonyl (C=O) groups excluding carboxylic acids is 1. The predicted octanol–water partition coefficient (Wildman–Crippen LogP) is 5.53. The van der Waals surface area contributed by atoms with Crippen molar-refractivity contribution in [2.45, 2.75) is 46.0 Å². The third kappa shape index (κ3) is 4.16. The molecule has 2 aromatic rings. The number of aliphatic imine (C=N–C) groups is 1. The van der Waals surface area contributed by atoms with Crippen LogP contribution in [0.5, 0.6) is 5.75 Å². The molecule has 2 heterocycles. The molecule has 0 saturated heterocycles. The van der Waals surface area contributed by atoms with Gasteiger partial charge in [-0.3, -0.25) is 14.8 Å². The quantitative estimate of drug-likeness (QED) is 0.623. The number of nitrogens with one attached hydrogen (secondary N) is 1. The van der Waals surface area contributed by atoms with Gasteiger partial charge in [-0.1, -0.05) is 5.57 Å². The highest BCUT2D eigenvalue weighted by molar-refractivity contribution is 6.22. The van der Waals surface area contributed by atoms with E-state index in [2.05, 4.69) is 15.3 Å². The number of allylic oxidation sites excluding steroid dienone is 2. The van der Waals surface area contributed by atoms with E-state index in [1.54, 1.807) is 13.2 Å². The first-order valence-electron chi connectivity index (χ1n) is 10.7. The van der Waals surface area contributed by atoms with Crippen LogP contribution in [-0.2, 0) is 4.79 Å². The molecule has 32 heavy (non-hydrogen) atoms. The van der Waals surface area contributed by atoms with E-state index in [1.807, 2.05) is 32.9 Å². The number of rotatable bonds is 5. The van der Waals surface area contributed by atoms with Crippen LogP contribution in [0.4, 0.5) is 14.5 Å². The van der Waals surface area contributed by atoms with Crippen LogP contribution in [0.15, 0.2) is 41.0 Å². The Bertz CT molecular complexity index is 1110. The zero-order valence-electron chi connectivity index (χ0n) is 18.8. The fraction of sp³-hybridized carbons (Fsp3) is 0.400. The molecule has 1 amide bonds. The average Bonchev–Trinajstić information content (AvgIpc) is 3.53. The maximum absolute atomic E-state index is 13.9. The highest BCUT2D eigenvalue weighted by Crippen LogP contribution is 2.61. The monoisotopic (exact) mass is 439 g/mol. The van der Waals surface area contributed by atoms with Crippen molar-refractivity contribution in [1.82, 2.24) is 4.98 Å². The SMILES string of the molecule is CN=C(C)C(=C(C)C)c1ccc(NC(=O)CC2c3cc(F)c(F)cc3OCC23CC3)cn1. The van der Waals surface area contributed by atoms with Crippen molar-refractivity contribution in [2.24, 2.45) is 10.4 Å². The Kier molecular flexibility index (Phi) is 5.84. The lowest BCUT2D eigenvalue weighted by Gasteiger charge is -2.33. The molecule has 1 fully saturated rings. The van der Waals surface area contributed by atoms with Gasteiger partial charge in [-0.15, -0.1) is 0 Å². The Morgan fingerprint density at radius 2 is 1.94 bits per heavy atom. The number of benzene rings is 1. The molecule has 1 aromatic heterocycles. The van der Waals surface area contributed by atoms with Gasteiger partial charge in [-0.2, -0.15) is 0 Å². The minimum absolute atomic E-state index is 0.171. The maximum Gasteiger partial charge on any atom is 0.225 e. The molecular weight excluding hydrogens is 412 g/mol. The molecule has 1 aliphatic carbocycles. The highest BCUT2D eigenvalue weighted by atomic mass is 19.2. The van der Waals surface area contributed by atoms with Gasteiger partial charge in [0.25, 0.3) is 0 Å². The van der Waals surface area contributed by atoms with Crippen molar-refractivity contribution in [3.8, 4) is 5.75 Å². The molecule has 7 heteroatoms. The van der Waals surface area contributed by atoms with Crippen molar-refractivity contribution in [3.63, 3.8) is 0 Å². The van der Waals surface area contributed by atoms with Crippen LogP contribution in [0.25, 0.3) is 5.57 Å². The lowest BCUT2D eigenvalue weighted by Crippen LogP contribution is -2.31. The van der Waals surface area contributed by atoms with Crippen LogP contribution in [0, 0.1) is 17.0 Å². The summed E-state index contributed by atoms with van der Waals surface area (Å²) in [5.74, 6) is -1.94. The Labute approximate surface area is 186 Å². The number of fused-ring (bicyclic) bond motifs is 1. The molecule has 0 bridgehead atoms. The summed E-state index contributed by atoms with van der Waals surface area (Å²) in [4.78, 5) is 21.6. The third-order valence-electron chi connectivity index (χ3n) is 6.46. The first-order chi connectivity index (χ1) is 15.2. The van der Waals surface area contributed by atoms with Gasteiger partial charge in [0, 0.05) is 47.7 Å². The molecule has 1 unspecified atom stereocenters. The minimum atomic E-state index is -0.941. The summed E-state index contributed by atoms with van der Waals surface area (Å²) in [6.07, 6.45) is 3.61. The number of aromatic nitrogens is 1. The molecule has 1 saturated carbocycles. The Morgan fingerprint density at radius 3 is 2.53 bits per heavy atom. The molecule has 1 aromatic carbocycles. The average molecular weight is 440 g/mol. The second kappa shape index (κ2) is 8.45. The minimum Gasteiger partial charge on any atom is -0.493 e. The highest BCUT2D eigenvalue weighted by Gasteiger charge is 2.54. The fourth-order valence-corrected chi connectivity index (χ4v) is 4.50. The number of carbonyl (C=O) groups is 1. The zero-order valence-corrected chi connectivity index (χ0v) is 18.8. The molecule has 5 nitrogen and oxygen atoms in total. The predicted molar refractivity (Wildman–Crippen MR) is 121 cm³/mol. The van der Waals surface area contributed by atoms with Crippen LogP contribution >= 0.6 is 0 Å². The maximum atomic E-state index is 13.9. The molecule has 1 aliphatic heterocycles. The van der Waals surface area contributed by atoms with Gasteiger partial charge in [0.1, 0.15) is 5.75 Å². The number of nitrogens with zero attached hydrogens (tertiary/aromatic N) is 2. The van der Waals surface area contributed by atoms with E-state index < -0.39 is 11.6 Å². The summed E-state index contributed by atoms with van der Waals surface area (Å²) in [6, 6.07) is 5.93. The van der Waals surface area contributed by atoms with Gasteiger partial charge in [-0.25, -0.2) is 8.78 Å².